The van der Waals surface area contributed by atoms with Crippen LogP contribution in [0.4, 0.5) is 8.78 Å². The highest BCUT2D eigenvalue weighted by Gasteiger charge is 2.15. The zero-order valence-corrected chi connectivity index (χ0v) is 8.30. The molecule has 1 aromatic heterocycles. The van der Waals surface area contributed by atoms with Gasteiger partial charge in [0.25, 0.3) is 6.43 Å². The van der Waals surface area contributed by atoms with Gasteiger partial charge in [-0.1, -0.05) is 0 Å². The van der Waals surface area contributed by atoms with Crippen molar-refractivity contribution in [1.82, 2.24) is 4.98 Å². The Kier molecular flexibility index (Phi) is 3.69. The van der Waals surface area contributed by atoms with Gasteiger partial charge in [-0.05, 0) is 18.6 Å². The lowest BCUT2D eigenvalue weighted by Gasteiger charge is -2.10. The van der Waals surface area contributed by atoms with Crippen LogP contribution >= 0.6 is 0 Å². The highest BCUT2D eigenvalue weighted by molar-refractivity contribution is 5.32. The molecule has 0 unspecified atom stereocenters. The van der Waals surface area contributed by atoms with Crippen LogP contribution in [0.2, 0.25) is 0 Å². The SMILES string of the molecule is Cc1cc(C(F)F)c(CN)nc1CC#N. The average molecular weight is 211 g/mol. The van der Waals surface area contributed by atoms with Gasteiger partial charge in [-0.2, -0.15) is 5.26 Å². The average Bonchev–Trinajstić information content (AvgIpc) is 2.20. The van der Waals surface area contributed by atoms with Crippen molar-refractivity contribution in [3.63, 3.8) is 0 Å². The van der Waals surface area contributed by atoms with Crippen LogP contribution in [0.15, 0.2) is 6.07 Å². The Morgan fingerprint density at radius 2 is 2.20 bits per heavy atom. The highest BCUT2D eigenvalue weighted by Crippen LogP contribution is 2.24. The van der Waals surface area contributed by atoms with E-state index in [0.717, 1.165) is 0 Å². The van der Waals surface area contributed by atoms with Crippen LogP contribution < -0.4 is 5.73 Å². The molecule has 0 bridgehead atoms. The number of alkyl halides is 2. The first-order valence-electron chi connectivity index (χ1n) is 4.44. The van der Waals surface area contributed by atoms with E-state index >= 15 is 0 Å². The van der Waals surface area contributed by atoms with Gasteiger partial charge >= 0.3 is 0 Å². The molecule has 0 saturated carbocycles. The number of rotatable bonds is 3. The third kappa shape index (κ3) is 2.48. The van der Waals surface area contributed by atoms with E-state index in [1.165, 1.54) is 6.07 Å². The van der Waals surface area contributed by atoms with Crippen LogP contribution in [-0.2, 0) is 13.0 Å². The quantitative estimate of drug-likeness (QED) is 0.829. The largest absolute Gasteiger partial charge is 0.325 e. The maximum Gasteiger partial charge on any atom is 0.265 e. The summed E-state index contributed by atoms with van der Waals surface area (Å²) in [5.41, 5.74) is 6.47. The number of nitrogens with zero attached hydrogens (tertiary/aromatic N) is 2. The predicted molar refractivity (Wildman–Crippen MR) is 51.1 cm³/mol. The second kappa shape index (κ2) is 4.80. The Bertz CT molecular complexity index is 396. The number of nitriles is 1. The molecule has 0 aliphatic carbocycles. The molecule has 0 aliphatic heterocycles. The first-order valence-corrected chi connectivity index (χ1v) is 4.44. The van der Waals surface area contributed by atoms with Gasteiger partial charge in [-0.15, -0.1) is 0 Å². The minimum atomic E-state index is -2.58. The molecule has 15 heavy (non-hydrogen) atoms. The molecule has 0 atom stereocenters. The molecule has 3 nitrogen and oxygen atoms in total. The number of nitrogens with two attached hydrogens (primary N) is 1. The molecule has 0 fully saturated rings. The first kappa shape index (κ1) is 11.5. The van der Waals surface area contributed by atoms with Gasteiger partial charge in [0.15, 0.2) is 0 Å². The van der Waals surface area contributed by atoms with Crippen molar-refractivity contribution in [3.05, 3.63) is 28.6 Å². The molecular weight excluding hydrogens is 200 g/mol. The van der Waals surface area contributed by atoms with Gasteiger partial charge in [0.1, 0.15) is 0 Å². The molecule has 0 aliphatic rings. The minimum absolute atomic E-state index is 0.0433. The highest BCUT2D eigenvalue weighted by atomic mass is 19.3. The second-order valence-electron chi connectivity index (χ2n) is 3.13. The van der Waals surface area contributed by atoms with Gasteiger partial charge in [0.05, 0.1) is 23.9 Å². The lowest BCUT2D eigenvalue weighted by Crippen LogP contribution is -2.08. The van der Waals surface area contributed by atoms with Crippen LogP contribution in [0.3, 0.4) is 0 Å². The number of aryl methyl sites for hydroxylation is 1. The van der Waals surface area contributed by atoms with Crippen LogP contribution in [0.25, 0.3) is 0 Å². The lowest BCUT2D eigenvalue weighted by molar-refractivity contribution is 0.149. The minimum Gasteiger partial charge on any atom is -0.325 e. The summed E-state index contributed by atoms with van der Waals surface area (Å²) in [4.78, 5) is 3.97. The smallest absolute Gasteiger partial charge is 0.265 e. The van der Waals surface area contributed by atoms with E-state index in [1.54, 1.807) is 6.92 Å². The molecule has 0 aromatic carbocycles. The zero-order chi connectivity index (χ0) is 11.4. The number of hydrogen-bond acceptors (Lipinski definition) is 3. The van der Waals surface area contributed by atoms with E-state index in [4.69, 9.17) is 11.0 Å². The summed E-state index contributed by atoms with van der Waals surface area (Å²) in [5, 5.41) is 8.52. The lowest BCUT2D eigenvalue weighted by atomic mass is 10.1. The molecule has 2 N–H and O–H groups in total. The third-order valence-electron chi connectivity index (χ3n) is 2.11. The molecule has 0 spiro atoms. The van der Waals surface area contributed by atoms with E-state index in [9.17, 15) is 8.78 Å². The van der Waals surface area contributed by atoms with Crippen LogP contribution in [-0.4, -0.2) is 4.98 Å². The van der Waals surface area contributed by atoms with Crippen molar-refractivity contribution < 1.29 is 8.78 Å². The number of halogens is 2. The van der Waals surface area contributed by atoms with Crippen molar-refractivity contribution >= 4 is 0 Å². The standard InChI is InChI=1S/C10H11F2N3/c1-6-4-7(10(11)12)9(5-14)15-8(6)2-3-13/h4,10H,2,5,14H2,1H3. The zero-order valence-electron chi connectivity index (χ0n) is 8.30. The Hall–Kier alpha value is -1.54. The normalized spacial score (nSPS) is 10.4. The first-order chi connectivity index (χ1) is 7.10. The van der Waals surface area contributed by atoms with Crippen molar-refractivity contribution in [1.29, 1.82) is 5.26 Å². The maximum atomic E-state index is 12.6. The Balaban J connectivity index is 3.24. The molecule has 1 rings (SSSR count). The van der Waals surface area contributed by atoms with E-state index in [2.05, 4.69) is 4.98 Å². The fraction of sp³-hybridized carbons (Fsp3) is 0.400. The third-order valence-corrected chi connectivity index (χ3v) is 2.11. The molecule has 80 valence electrons. The van der Waals surface area contributed by atoms with Crippen molar-refractivity contribution in [2.24, 2.45) is 5.73 Å². The predicted octanol–water partition coefficient (Wildman–Crippen LogP) is 1.85. The number of hydrogen-bond donors (Lipinski definition) is 1. The van der Waals surface area contributed by atoms with Gasteiger partial charge < -0.3 is 5.73 Å². The van der Waals surface area contributed by atoms with Crippen LogP contribution in [0.5, 0.6) is 0 Å². The van der Waals surface area contributed by atoms with E-state index in [0.29, 0.717) is 11.3 Å². The van der Waals surface area contributed by atoms with Crippen LogP contribution in [0.1, 0.15) is 28.9 Å². The van der Waals surface area contributed by atoms with E-state index < -0.39 is 6.43 Å². The van der Waals surface area contributed by atoms with Gasteiger partial charge in [-0.25, -0.2) is 8.78 Å². The summed E-state index contributed by atoms with van der Waals surface area (Å²) < 4.78 is 25.1. The van der Waals surface area contributed by atoms with Gasteiger partial charge in [0, 0.05) is 12.1 Å². The molecule has 0 saturated heterocycles. The van der Waals surface area contributed by atoms with Gasteiger partial charge in [-0.3, -0.25) is 4.98 Å². The number of aromatic nitrogens is 1. The monoisotopic (exact) mass is 211 g/mol. The Morgan fingerprint density at radius 3 is 2.67 bits per heavy atom. The summed E-state index contributed by atoms with van der Waals surface area (Å²) in [6.07, 6.45) is -2.46. The Morgan fingerprint density at radius 1 is 1.53 bits per heavy atom. The fourth-order valence-electron chi connectivity index (χ4n) is 1.32. The maximum absolute atomic E-state index is 12.6. The van der Waals surface area contributed by atoms with Crippen molar-refractivity contribution in [3.8, 4) is 6.07 Å². The molecule has 1 heterocycles. The molecule has 1 aromatic rings. The van der Waals surface area contributed by atoms with E-state index in [-0.39, 0.29) is 24.2 Å². The molecule has 0 radical (unpaired) electrons. The molecular formula is C10H11F2N3. The summed E-state index contributed by atoms with van der Waals surface area (Å²) in [6, 6.07) is 3.29. The van der Waals surface area contributed by atoms with Crippen molar-refractivity contribution in [2.45, 2.75) is 26.3 Å². The Labute approximate surface area is 86.5 Å². The van der Waals surface area contributed by atoms with Gasteiger partial charge in [0.2, 0.25) is 0 Å². The number of pyridine rings is 1. The molecule has 5 heteroatoms. The molecule has 0 amide bonds. The van der Waals surface area contributed by atoms with Crippen molar-refractivity contribution in [2.75, 3.05) is 0 Å². The topological polar surface area (TPSA) is 62.7 Å². The summed E-state index contributed by atoms with van der Waals surface area (Å²) in [6.45, 7) is 1.62. The van der Waals surface area contributed by atoms with Crippen LogP contribution in [0, 0.1) is 18.3 Å². The second-order valence-corrected chi connectivity index (χ2v) is 3.13. The summed E-state index contributed by atoms with van der Waals surface area (Å²) in [5.74, 6) is 0. The summed E-state index contributed by atoms with van der Waals surface area (Å²) in [7, 11) is 0. The fourth-order valence-corrected chi connectivity index (χ4v) is 1.32. The summed E-state index contributed by atoms with van der Waals surface area (Å²) >= 11 is 0. The van der Waals surface area contributed by atoms with E-state index in [1.807, 2.05) is 6.07 Å².